The van der Waals surface area contributed by atoms with Gasteiger partial charge in [-0.2, -0.15) is 5.26 Å². The first-order valence-electron chi connectivity index (χ1n) is 7.51. The smallest absolute Gasteiger partial charge is 0.231 e. The van der Waals surface area contributed by atoms with E-state index in [0.717, 1.165) is 5.39 Å². The highest BCUT2D eigenvalue weighted by molar-refractivity contribution is 6.18. The van der Waals surface area contributed by atoms with Crippen LogP contribution in [0.3, 0.4) is 0 Å². The summed E-state index contributed by atoms with van der Waals surface area (Å²) in [6.07, 6.45) is 2.97. The van der Waals surface area contributed by atoms with Gasteiger partial charge in [0, 0.05) is 35.3 Å². The Kier molecular flexibility index (Phi) is 6.47. The van der Waals surface area contributed by atoms with Crippen LogP contribution in [0.4, 0.5) is 0 Å². The molecule has 1 heterocycles. The van der Waals surface area contributed by atoms with Crippen molar-refractivity contribution in [3.8, 4) is 6.07 Å². The number of nitriles is 1. The molecule has 0 spiro atoms. The predicted molar refractivity (Wildman–Crippen MR) is 92.1 cm³/mol. The maximum Gasteiger partial charge on any atom is 0.231 e. The number of aliphatic hydroxyl groups excluding tert-OH is 1. The minimum Gasteiger partial charge on any atom is -0.388 e. The van der Waals surface area contributed by atoms with Crippen LogP contribution in [0, 0.1) is 11.3 Å². The molecule has 6 heteroatoms. The summed E-state index contributed by atoms with van der Waals surface area (Å²) in [5.41, 5.74) is 1.62. The molecule has 1 unspecified atom stereocenters. The number of fused-ring (bicyclic) bond motifs is 1. The maximum atomic E-state index is 12.4. The molecule has 2 aromatic rings. The van der Waals surface area contributed by atoms with Gasteiger partial charge in [-0.3, -0.25) is 9.36 Å². The Hall–Kier alpha value is -1.54. The maximum absolute atomic E-state index is 12.4. The van der Waals surface area contributed by atoms with Crippen LogP contribution in [0.5, 0.6) is 0 Å². The van der Waals surface area contributed by atoms with E-state index < -0.39 is 6.10 Å². The SMILES string of the molecule is N#Cc1cccc2c(C(O)CCCCl)cn(C(=O)CCCCl)c12. The minimum absolute atomic E-state index is 0.130. The van der Waals surface area contributed by atoms with Gasteiger partial charge in [-0.1, -0.05) is 12.1 Å². The molecule has 0 aliphatic heterocycles. The van der Waals surface area contributed by atoms with Crippen LogP contribution in [0.1, 0.15) is 47.7 Å². The Morgan fingerprint density at radius 2 is 2.04 bits per heavy atom. The van der Waals surface area contributed by atoms with Gasteiger partial charge in [0.15, 0.2) is 0 Å². The molecule has 1 aromatic carbocycles. The Morgan fingerprint density at radius 3 is 2.70 bits per heavy atom. The molecule has 0 saturated heterocycles. The summed E-state index contributed by atoms with van der Waals surface area (Å²) in [7, 11) is 0. The van der Waals surface area contributed by atoms with Crippen molar-refractivity contribution in [3.63, 3.8) is 0 Å². The average Bonchev–Trinajstić information content (AvgIpc) is 2.97. The number of carbonyl (C=O) groups is 1. The monoisotopic (exact) mass is 352 g/mol. The first-order chi connectivity index (χ1) is 11.1. The molecule has 0 aliphatic carbocycles. The fourth-order valence-corrected chi connectivity index (χ4v) is 2.91. The Morgan fingerprint density at radius 1 is 1.30 bits per heavy atom. The lowest BCUT2D eigenvalue weighted by atomic mass is 10.0. The van der Waals surface area contributed by atoms with E-state index in [1.165, 1.54) is 4.57 Å². The van der Waals surface area contributed by atoms with Crippen LogP contribution >= 0.6 is 23.2 Å². The fraction of sp³-hybridized carbons (Fsp3) is 0.412. The molecule has 1 N–H and O–H groups in total. The van der Waals surface area contributed by atoms with Gasteiger partial charge in [-0.15, -0.1) is 23.2 Å². The van der Waals surface area contributed by atoms with E-state index in [4.69, 9.17) is 23.2 Å². The molecule has 0 saturated carbocycles. The number of benzene rings is 1. The quantitative estimate of drug-likeness (QED) is 0.758. The predicted octanol–water partition coefficient (Wildman–Crippen LogP) is 4.22. The second-order valence-corrected chi connectivity index (χ2v) is 6.06. The summed E-state index contributed by atoms with van der Waals surface area (Å²) >= 11 is 11.3. The van der Waals surface area contributed by atoms with Crippen molar-refractivity contribution < 1.29 is 9.90 Å². The van der Waals surface area contributed by atoms with Crippen molar-refractivity contribution in [1.29, 1.82) is 5.26 Å². The number of para-hydroxylation sites is 1. The lowest BCUT2D eigenvalue weighted by Crippen LogP contribution is -2.10. The van der Waals surface area contributed by atoms with E-state index in [1.807, 2.05) is 6.07 Å². The lowest BCUT2D eigenvalue weighted by molar-refractivity contribution is 0.0906. The van der Waals surface area contributed by atoms with E-state index in [1.54, 1.807) is 18.3 Å². The summed E-state index contributed by atoms with van der Waals surface area (Å²) in [4.78, 5) is 12.4. The van der Waals surface area contributed by atoms with Crippen LogP contribution in [0.2, 0.25) is 0 Å². The van der Waals surface area contributed by atoms with Crippen LogP contribution < -0.4 is 0 Å². The standard InChI is InChI=1S/C17H18Cl2N2O2/c18-8-2-6-15(22)14-11-21(16(23)7-3-9-19)17-12(10-20)4-1-5-13(14)17/h1,4-5,11,15,22H,2-3,6-9H2. The van der Waals surface area contributed by atoms with E-state index >= 15 is 0 Å². The molecule has 4 nitrogen and oxygen atoms in total. The summed E-state index contributed by atoms with van der Waals surface area (Å²) in [5, 5.41) is 20.5. The highest BCUT2D eigenvalue weighted by atomic mass is 35.5. The van der Waals surface area contributed by atoms with E-state index in [9.17, 15) is 15.2 Å². The van der Waals surface area contributed by atoms with Crippen LogP contribution in [-0.4, -0.2) is 27.3 Å². The van der Waals surface area contributed by atoms with Gasteiger partial charge < -0.3 is 5.11 Å². The lowest BCUT2D eigenvalue weighted by Gasteiger charge is -2.08. The summed E-state index contributed by atoms with van der Waals surface area (Å²) < 4.78 is 1.47. The van der Waals surface area contributed by atoms with E-state index in [2.05, 4.69) is 6.07 Å². The highest BCUT2D eigenvalue weighted by Crippen LogP contribution is 2.31. The Balaban J connectivity index is 2.53. The molecule has 1 aromatic heterocycles. The molecule has 0 amide bonds. The number of aliphatic hydroxyl groups is 1. The fourth-order valence-electron chi connectivity index (χ4n) is 2.63. The van der Waals surface area contributed by atoms with Crippen molar-refractivity contribution in [2.45, 2.75) is 31.8 Å². The van der Waals surface area contributed by atoms with Gasteiger partial charge in [0.25, 0.3) is 0 Å². The van der Waals surface area contributed by atoms with Gasteiger partial charge >= 0.3 is 0 Å². The third kappa shape index (κ3) is 3.87. The topological polar surface area (TPSA) is 66.0 Å². The number of hydrogen-bond acceptors (Lipinski definition) is 3. The number of halogens is 2. The highest BCUT2D eigenvalue weighted by Gasteiger charge is 2.20. The zero-order valence-corrected chi connectivity index (χ0v) is 14.1. The van der Waals surface area contributed by atoms with Crippen molar-refractivity contribution in [2.24, 2.45) is 0 Å². The van der Waals surface area contributed by atoms with Crippen LogP contribution in [0.25, 0.3) is 10.9 Å². The molecule has 0 bridgehead atoms. The zero-order chi connectivity index (χ0) is 16.8. The van der Waals surface area contributed by atoms with Crippen molar-refractivity contribution in [2.75, 3.05) is 11.8 Å². The number of alkyl halides is 2. The molecular weight excluding hydrogens is 335 g/mol. The van der Waals surface area contributed by atoms with Crippen molar-refractivity contribution >= 4 is 40.0 Å². The Bertz CT molecular complexity index is 734. The largest absolute Gasteiger partial charge is 0.388 e. The number of nitrogens with zero attached hydrogens (tertiary/aromatic N) is 2. The second-order valence-electron chi connectivity index (χ2n) is 5.30. The van der Waals surface area contributed by atoms with E-state index in [0.29, 0.717) is 54.1 Å². The second kappa shape index (κ2) is 8.35. The molecular formula is C17H18Cl2N2O2. The van der Waals surface area contributed by atoms with Crippen molar-refractivity contribution in [3.05, 3.63) is 35.5 Å². The summed E-state index contributed by atoms with van der Waals surface area (Å²) in [6, 6.07) is 7.36. The minimum atomic E-state index is -0.715. The van der Waals surface area contributed by atoms with E-state index in [-0.39, 0.29) is 5.91 Å². The number of hydrogen-bond donors (Lipinski definition) is 1. The van der Waals surface area contributed by atoms with Gasteiger partial charge in [0.05, 0.1) is 17.2 Å². The average molecular weight is 353 g/mol. The number of rotatable bonds is 7. The van der Waals surface area contributed by atoms with Crippen LogP contribution in [-0.2, 0) is 0 Å². The normalized spacial score (nSPS) is 12.3. The molecule has 23 heavy (non-hydrogen) atoms. The number of aromatic nitrogens is 1. The van der Waals surface area contributed by atoms with Gasteiger partial charge in [0.1, 0.15) is 6.07 Å². The first-order valence-corrected chi connectivity index (χ1v) is 8.58. The molecule has 0 radical (unpaired) electrons. The van der Waals surface area contributed by atoms with Crippen LogP contribution in [0.15, 0.2) is 24.4 Å². The van der Waals surface area contributed by atoms with Gasteiger partial charge in [-0.25, -0.2) is 0 Å². The third-order valence-electron chi connectivity index (χ3n) is 3.74. The molecule has 0 fully saturated rings. The Labute approximate surface area is 145 Å². The molecule has 0 aliphatic rings. The first kappa shape index (κ1) is 17.8. The molecule has 122 valence electrons. The van der Waals surface area contributed by atoms with Crippen molar-refractivity contribution in [1.82, 2.24) is 4.57 Å². The van der Waals surface area contributed by atoms with Gasteiger partial charge in [0.2, 0.25) is 5.91 Å². The third-order valence-corrected chi connectivity index (χ3v) is 4.27. The summed E-state index contributed by atoms with van der Waals surface area (Å²) in [5.74, 6) is 0.740. The zero-order valence-electron chi connectivity index (χ0n) is 12.6. The summed E-state index contributed by atoms with van der Waals surface area (Å²) in [6.45, 7) is 0. The molecule has 1 atom stereocenters. The van der Waals surface area contributed by atoms with Gasteiger partial charge in [-0.05, 0) is 25.3 Å². The number of carbonyl (C=O) groups excluding carboxylic acids is 1. The molecule has 2 rings (SSSR count).